The van der Waals surface area contributed by atoms with Gasteiger partial charge in [-0.2, -0.15) is 0 Å². The Morgan fingerprint density at radius 2 is 2.16 bits per heavy atom. The molecule has 25 heavy (non-hydrogen) atoms. The average Bonchev–Trinajstić information content (AvgIpc) is 3.21. The van der Waals surface area contributed by atoms with Gasteiger partial charge in [-0.1, -0.05) is 11.8 Å². The normalized spacial score (nSPS) is 17.3. The minimum absolute atomic E-state index is 0.0362. The highest BCUT2D eigenvalue weighted by Gasteiger charge is 2.25. The lowest BCUT2D eigenvalue weighted by Gasteiger charge is -2.20. The molecule has 0 radical (unpaired) electrons. The molecule has 1 aromatic rings. The van der Waals surface area contributed by atoms with Crippen molar-refractivity contribution in [2.24, 2.45) is 0 Å². The predicted octanol–water partition coefficient (Wildman–Crippen LogP) is 2.32. The number of methoxy groups -OCH3 is 1. The van der Waals surface area contributed by atoms with Crippen molar-refractivity contribution in [3.8, 4) is 5.75 Å². The predicted molar refractivity (Wildman–Crippen MR) is 97.3 cm³/mol. The Bertz CT molecular complexity index is 694. The van der Waals surface area contributed by atoms with Crippen molar-refractivity contribution in [1.82, 2.24) is 4.90 Å². The largest absolute Gasteiger partial charge is 0.494 e. The molecule has 2 saturated heterocycles. The summed E-state index contributed by atoms with van der Waals surface area (Å²) in [5.74, 6) is 1.27. The van der Waals surface area contributed by atoms with Crippen molar-refractivity contribution in [3.63, 3.8) is 0 Å². The number of nitrogens with zero attached hydrogens (tertiary/aromatic N) is 2. The zero-order chi connectivity index (χ0) is 17.8. The third-order valence-corrected chi connectivity index (χ3v) is 5.17. The topological polar surface area (TPSA) is 79.0 Å². The minimum atomic E-state index is -0.156. The molecule has 3 rings (SSSR count). The molecule has 2 aliphatic rings. The van der Waals surface area contributed by atoms with E-state index in [-0.39, 0.29) is 23.5 Å². The first-order chi connectivity index (χ1) is 12.1. The summed E-state index contributed by atoms with van der Waals surface area (Å²) in [6.07, 6.45) is 1.64. The molecule has 0 aromatic heterocycles. The van der Waals surface area contributed by atoms with Crippen LogP contribution in [-0.4, -0.2) is 54.5 Å². The van der Waals surface area contributed by atoms with Crippen molar-refractivity contribution in [2.75, 3.05) is 42.7 Å². The third-order valence-electron chi connectivity index (χ3n) is 4.28. The molecule has 2 fully saturated rings. The van der Waals surface area contributed by atoms with E-state index in [9.17, 15) is 14.4 Å². The summed E-state index contributed by atoms with van der Waals surface area (Å²) in [6.45, 7) is 1.81. The molecule has 0 spiro atoms. The molecular formula is C17H21N3O4S. The number of carbonyl (C=O) groups excluding carboxylic acids is 3. The second-order valence-corrected chi connectivity index (χ2v) is 6.98. The van der Waals surface area contributed by atoms with Crippen LogP contribution in [0.1, 0.15) is 19.3 Å². The van der Waals surface area contributed by atoms with Gasteiger partial charge in [0.05, 0.1) is 12.8 Å². The first-order valence-electron chi connectivity index (χ1n) is 8.28. The van der Waals surface area contributed by atoms with Crippen LogP contribution in [0, 0.1) is 0 Å². The van der Waals surface area contributed by atoms with Crippen molar-refractivity contribution in [2.45, 2.75) is 19.3 Å². The molecule has 2 heterocycles. The van der Waals surface area contributed by atoms with E-state index in [0.29, 0.717) is 37.5 Å². The molecule has 3 amide bonds. The van der Waals surface area contributed by atoms with Crippen LogP contribution in [0.2, 0.25) is 0 Å². The number of hydrogen-bond donors (Lipinski definition) is 1. The highest BCUT2D eigenvalue weighted by atomic mass is 32.2. The summed E-state index contributed by atoms with van der Waals surface area (Å²) in [6, 6.07) is 5.27. The van der Waals surface area contributed by atoms with Crippen molar-refractivity contribution in [3.05, 3.63) is 18.2 Å². The van der Waals surface area contributed by atoms with Crippen LogP contribution in [-0.2, 0) is 9.59 Å². The summed E-state index contributed by atoms with van der Waals surface area (Å²) in [7, 11) is 1.54. The maximum absolute atomic E-state index is 12.1. The fourth-order valence-corrected chi connectivity index (χ4v) is 3.82. The minimum Gasteiger partial charge on any atom is -0.494 e. The molecule has 0 bridgehead atoms. The fraction of sp³-hybridized carbons (Fsp3) is 0.471. The Morgan fingerprint density at radius 3 is 2.80 bits per heavy atom. The SMILES string of the molecule is COc1cc(NC(=O)CCN2CCSC2=O)ccc1N1CCCC1=O. The van der Waals surface area contributed by atoms with Gasteiger partial charge < -0.3 is 19.9 Å². The molecule has 0 unspecified atom stereocenters. The lowest BCUT2D eigenvalue weighted by atomic mass is 10.2. The molecule has 0 aliphatic carbocycles. The fourth-order valence-electron chi connectivity index (χ4n) is 2.97. The number of anilines is 2. The first-order valence-corrected chi connectivity index (χ1v) is 9.27. The van der Waals surface area contributed by atoms with Gasteiger partial charge in [0.2, 0.25) is 11.8 Å². The van der Waals surface area contributed by atoms with Crippen LogP contribution < -0.4 is 15.0 Å². The highest BCUT2D eigenvalue weighted by Crippen LogP contribution is 2.33. The van der Waals surface area contributed by atoms with Crippen molar-refractivity contribution >= 4 is 40.2 Å². The smallest absolute Gasteiger partial charge is 0.281 e. The number of benzene rings is 1. The van der Waals surface area contributed by atoms with Crippen LogP contribution >= 0.6 is 11.8 Å². The quantitative estimate of drug-likeness (QED) is 0.839. The third kappa shape index (κ3) is 4.07. The molecule has 0 atom stereocenters. The van der Waals surface area contributed by atoms with E-state index in [1.807, 2.05) is 0 Å². The van der Waals surface area contributed by atoms with E-state index in [1.54, 1.807) is 35.1 Å². The van der Waals surface area contributed by atoms with Crippen molar-refractivity contribution in [1.29, 1.82) is 0 Å². The Kier molecular flexibility index (Phi) is 5.47. The number of nitrogens with one attached hydrogen (secondary N) is 1. The van der Waals surface area contributed by atoms with Crippen LogP contribution in [0.15, 0.2) is 18.2 Å². The molecule has 7 nitrogen and oxygen atoms in total. The van der Waals surface area contributed by atoms with E-state index in [0.717, 1.165) is 17.9 Å². The first kappa shape index (κ1) is 17.6. The Hall–Kier alpha value is -2.22. The van der Waals surface area contributed by atoms with Gasteiger partial charge in [0, 0.05) is 50.0 Å². The van der Waals surface area contributed by atoms with Gasteiger partial charge in [-0.05, 0) is 18.6 Å². The lowest BCUT2D eigenvalue weighted by molar-refractivity contribution is -0.117. The second-order valence-electron chi connectivity index (χ2n) is 5.94. The van der Waals surface area contributed by atoms with Gasteiger partial charge in [-0.25, -0.2) is 0 Å². The number of thioether (sulfide) groups is 1. The van der Waals surface area contributed by atoms with Gasteiger partial charge in [0.25, 0.3) is 5.24 Å². The summed E-state index contributed by atoms with van der Waals surface area (Å²) >= 11 is 1.29. The van der Waals surface area contributed by atoms with Gasteiger partial charge in [-0.3, -0.25) is 14.4 Å². The van der Waals surface area contributed by atoms with Crippen LogP contribution in [0.3, 0.4) is 0 Å². The molecule has 1 aromatic carbocycles. The van der Waals surface area contributed by atoms with E-state index in [4.69, 9.17) is 4.74 Å². The number of carbonyl (C=O) groups is 3. The summed E-state index contributed by atoms with van der Waals surface area (Å²) in [4.78, 5) is 38.9. The number of amides is 3. The van der Waals surface area contributed by atoms with Gasteiger partial charge in [0.15, 0.2) is 0 Å². The Balaban J connectivity index is 1.61. The van der Waals surface area contributed by atoms with Crippen LogP contribution in [0.5, 0.6) is 5.75 Å². The molecular weight excluding hydrogens is 342 g/mol. The lowest BCUT2D eigenvalue weighted by Crippen LogP contribution is -2.27. The van der Waals surface area contributed by atoms with Gasteiger partial charge in [0.1, 0.15) is 5.75 Å². The average molecular weight is 363 g/mol. The summed E-state index contributed by atoms with van der Waals surface area (Å²) in [5.41, 5.74) is 1.34. The molecule has 8 heteroatoms. The maximum Gasteiger partial charge on any atom is 0.281 e. The summed E-state index contributed by atoms with van der Waals surface area (Å²) in [5, 5.41) is 2.85. The van der Waals surface area contributed by atoms with E-state index < -0.39 is 0 Å². The number of ether oxygens (including phenoxy) is 1. The van der Waals surface area contributed by atoms with E-state index >= 15 is 0 Å². The maximum atomic E-state index is 12.1. The number of rotatable bonds is 6. The second kappa shape index (κ2) is 7.77. The molecule has 0 saturated carbocycles. The molecule has 2 aliphatic heterocycles. The van der Waals surface area contributed by atoms with Gasteiger partial charge in [-0.15, -0.1) is 0 Å². The summed E-state index contributed by atoms with van der Waals surface area (Å²) < 4.78 is 5.38. The Labute approximate surface area is 150 Å². The molecule has 1 N–H and O–H groups in total. The zero-order valence-electron chi connectivity index (χ0n) is 14.1. The zero-order valence-corrected chi connectivity index (χ0v) is 14.9. The van der Waals surface area contributed by atoms with E-state index in [2.05, 4.69) is 5.32 Å². The standard InChI is InChI=1S/C17H21N3O4S/c1-24-14-11-12(4-5-13(14)20-7-2-3-16(20)22)18-15(21)6-8-19-9-10-25-17(19)23/h4-5,11H,2-3,6-10H2,1H3,(H,18,21). The van der Waals surface area contributed by atoms with Gasteiger partial charge >= 0.3 is 0 Å². The van der Waals surface area contributed by atoms with Crippen LogP contribution in [0.25, 0.3) is 0 Å². The monoisotopic (exact) mass is 363 g/mol. The van der Waals surface area contributed by atoms with Crippen molar-refractivity contribution < 1.29 is 19.1 Å². The number of hydrogen-bond acceptors (Lipinski definition) is 5. The highest BCUT2D eigenvalue weighted by molar-refractivity contribution is 8.13. The Morgan fingerprint density at radius 1 is 1.32 bits per heavy atom. The molecule has 134 valence electrons. The van der Waals surface area contributed by atoms with Crippen LogP contribution in [0.4, 0.5) is 16.2 Å². The van der Waals surface area contributed by atoms with E-state index in [1.165, 1.54) is 11.8 Å².